The van der Waals surface area contributed by atoms with Crippen LogP contribution in [0.5, 0.6) is 0 Å². The van der Waals surface area contributed by atoms with E-state index in [-0.39, 0.29) is 18.1 Å². The zero-order valence-corrected chi connectivity index (χ0v) is 13.8. The number of nitrogens with zero attached hydrogens (tertiary/aromatic N) is 3. The lowest BCUT2D eigenvalue weighted by Gasteiger charge is -2.19. The van der Waals surface area contributed by atoms with E-state index in [1.807, 2.05) is 23.1 Å². The number of ether oxygens (including phenoxy) is 1. The molecule has 0 atom stereocenters. The normalized spacial score (nSPS) is 14.1. The molecule has 0 aliphatic carbocycles. The number of carbonyl (C=O) groups is 1. The maximum absolute atomic E-state index is 12.4. The molecule has 0 unspecified atom stereocenters. The first-order chi connectivity index (χ1) is 11.7. The lowest BCUT2D eigenvalue weighted by Crippen LogP contribution is -2.35. The molecule has 3 heterocycles. The van der Waals surface area contributed by atoms with E-state index in [1.54, 1.807) is 23.0 Å². The SMILES string of the molecule is COCC(=O)N1CCc2ccc(=O)n(Cc3cccnc3)c2CC1. The Morgan fingerprint density at radius 2 is 2.08 bits per heavy atom. The summed E-state index contributed by atoms with van der Waals surface area (Å²) in [6.07, 6.45) is 4.91. The maximum Gasteiger partial charge on any atom is 0.251 e. The second-order valence-electron chi connectivity index (χ2n) is 5.90. The molecule has 1 aliphatic rings. The quantitative estimate of drug-likeness (QED) is 0.836. The van der Waals surface area contributed by atoms with Gasteiger partial charge in [0.2, 0.25) is 5.91 Å². The number of pyridine rings is 2. The molecule has 0 saturated carbocycles. The second kappa shape index (κ2) is 7.40. The van der Waals surface area contributed by atoms with Gasteiger partial charge in [-0.05, 0) is 23.6 Å². The Morgan fingerprint density at radius 3 is 2.83 bits per heavy atom. The van der Waals surface area contributed by atoms with Crippen LogP contribution in [0.1, 0.15) is 16.8 Å². The lowest BCUT2D eigenvalue weighted by molar-refractivity contribution is -0.135. The Balaban J connectivity index is 1.87. The molecule has 2 aromatic rings. The number of carbonyl (C=O) groups excluding carboxylic acids is 1. The molecule has 0 bridgehead atoms. The molecule has 24 heavy (non-hydrogen) atoms. The highest BCUT2D eigenvalue weighted by Crippen LogP contribution is 2.16. The van der Waals surface area contributed by atoms with Crippen molar-refractivity contribution in [3.63, 3.8) is 0 Å². The predicted octanol–water partition coefficient (Wildman–Crippen LogP) is 0.865. The van der Waals surface area contributed by atoms with Gasteiger partial charge in [0.1, 0.15) is 6.61 Å². The number of aromatic nitrogens is 2. The van der Waals surface area contributed by atoms with E-state index in [4.69, 9.17) is 4.74 Å². The maximum atomic E-state index is 12.4. The third kappa shape index (κ3) is 3.54. The van der Waals surface area contributed by atoms with Crippen molar-refractivity contribution in [3.05, 3.63) is 63.8 Å². The summed E-state index contributed by atoms with van der Waals surface area (Å²) in [5, 5.41) is 0. The Kier molecular flexibility index (Phi) is 5.05. The van der Waals surface area contributed by atoms with Crippen molar-refractivity contribution < 1.29 is 9.53 Å². The van der Waals surface area contributed by atoms with Crippen molar-refractivity contribution in [2.45, 2.75) is 19.4 Å². The monoisotopic (exact) mass is 327 g/mol. The average Bonchev–Trinajstić information content (AvgIpc) is 2.81. The highest BCUT2D eigenvalue weighted by molar-refractivity contribution is 5.77. The van der Waals surface area contributed by atoms with E-state index in [0.29, 0.717) is 26.1 Å². The van der Waals surface area contributed by atoms with Gasteiger partial charge >= 0.3 is 0 Å². The van der Waals surface area contributed by atoms with E-state index in [9.17, 15) is 9.59 Å². The first kappa shape index (κ1) is 16.4. The molecule has 1 amide bonds. The minimum atomic E-state index is -0.0192. The number of rotatable bonds is 4. The largest absolute Gasteiger partial charge is 0.375 e. The molecule has 0 aromatic carbocycles. The van der Waals surface area contributed by atoms with E-state index >= 15 is 0 Å². The Morgan fingerprint density at radius 1 is 1.25 bits per heavy atom. The summed E-state index contributed by atoms with van der Waals surface area (Å²) in [5.74, 6) is -0.00791. The molecule has 0 spiro atoms. The van der Waals surface area contributed by atoms with Gasteiger partial charge in [-0.15, -0.1) is 0 Å². The second-order valence-corrected chi connectivity index (χ2v) is 5.90. The summed E-state index contributed by atoms with van der Waals surface area (Å²) in [6, 6.07) is 7.33. The van der Waals surface area contributed by atoms with Crippen LogP contribution >= 0.6 is 0 Å². The van der Waals surface area contributed by atoms with Crippen molar-refractivity contribution in [1.29, 1.82) is 0 Å². The fraction of sp³-hybridized carbons (Fsp3) is 0.389. The molecule has 126 valence electrons. The van der Waals surface area contributed by atoms with Gasteiger partial charge in [0.05, 0.1) is 6.54 Å². The third-order valence-corrected chi connectivity index (χ3v) is 4.34. The summed E-state index contributed by atoms with van der Waals surface area (Å²) in [4.78, 5) is 30.4. The van der Waals surface area contributed by atoms with Gasteiger partial charge in [0, 0.05) is 50.8 Å². The number of hydrogen-bond acceptors (Lipinski definition) is 4. The molecule has 1 aliphatic heterocycles. The van der Waals surface area contributed by atoms with Crippen LogP contribution in [0.2, 0.25) is 0 Å². The van der Waals surface area contributed by atoms with Crippen molar-refractivity contribution >= 4 is 5.91 Å². The van der Waals surface area contributed by atoms with Gasteiger partial charge < -0.3 is 14.2 Å². The standard InChI is InChI=1S/C18H21N3O3/c1-24-13-18(23)20-9-6-15-4-5-17(22)21(16(15)7-10-20)12-14-3-2-8-19-11-14/h2-5,8,11H,6-7,9-10,12-13H2,1H3. The first-order valence-corrected chi connectivity index (χ1v) is 8.06. The molecule has 0 fully saturated rings. The summed E-state index contributed by atoms with van der Waals surface area (Å²) in [7, 11) is 1.52. The molecule has 0 N–H and O–H groups in total. The minimum Gasteiger partial charge on any atom is -0.375 e. The Hall–Kier alpha value is -2.47. The van der Waals surface area contributed by atoms with Gasteiger partial charge in [0.15, 0.2) is 0 Å². The lowest BCUT2D eigenvalue weighted by atomic mass is 10.1. The van der Waals surface area contributed by atoms with Crippen molar-refractivity contribution in [2.24, 2.45) is 0 Å². The number of amides is 1. The topological polar surface area (TPSA) is 64.4 Å². The highest BCUT2D eigenvalue weighted by atomic mass is 16.5. The van der Waals surface area contributed by atoms with Crippen LogP contribution in [-0.4, -0.2) is 47.2 Å². The Bertz CT molecular complexity index is 771. The molecule has 6 nitrogen and oxygen atoms in total. The predicted molar refractivity (Wildman–Crippen MR) is 89.9 cm³/mol. The Labute approximate surface area is 140 Å². The van der Waals surface area contributed by atoms with E-state index in [2.05, 4.69) is 4.98 Å². The van der Waals surface area contributed by atoms with Gasteiger partial charge in [0.25, 0.3) is 5.56 Å². The summed E-state index contributed by atoms with van der Waals surface area (Å²) in [5.41, 5.74) is 3.11. The van der Waals surface area contributed by atoms with Crippen LogP contribution in [0, 0.1) is 0 Å². The van der Waals surface area contributed by atoms with Crippen LogP contribution in [0.25, 0.3) is 0 Å². The van der Waals surface area contributed by atoms with Crippen LogP contribution in [0.4, 0.5) is 0 Å². The van der Waals surface area contributed by atoms with Crippen molar-refractivity contribution in [2.75, 3.05) is 26.8 Å². The minimum absolute atomic E-state index is 0.00791. The smallest absolute Gasteiger partial charge is 0.251 e. The first-order valence-electron chi connectivity index (χ1n) is 8.06. The number of fused-ring (bicyclic) bond motifs is 1. The summed E-state index contributed by atoms with van der Waals surface area (Å²) in [6.45, 7) is 1.85. The van der Waals surface area contributed by atoms with E-state index in [1.165, 1.54) is 7.11 Å². The van der Waals surface area contributed by atoms with Gasteiger partial charge in [-0.3, -0.25) is 14.6 Å². The number of hydrogen-bond donors (Lipinski definition) is 0. The third-order valence-electron chi connectivity index (χ3n) is 4.34. The van der Waals surface area contributed by atoms with Crippen molar-refractivity contribution in [3.8, 4) is 0 Å². The van der Waals surface area contributed by atoms with E-state index in [0.717, 1.165) is 23.2 Å². The summed E-state index contributed by atoms with van der Waals surface area (Å²) >= 11 is 0. The summed E-state index contributed by atoms with van der Waals surface area (Å²) < 4.78 is 6.75. The van der Waals surface area contributed by atoms with E-state index < -0.39 is 0 Å². The van der Waals surface area contributed by atoms with Crippen LogP contribution in [0.15, 0.2) is 41.5 Å². The zero-order chi connectivity index (χ0) is 16.9. The molecule has 6 heteroatoms. The molecular weight excluding hydrogens is 306 g/mol. The number of methoxy groups -OCH3 is 1. The van der Waals surface area contributed by atoms with Crippen LogP contribution < -0.4 is 5.56 Å². The molecule has 2 aromatic heterocycles. The van der Waals surface area contributed by atoms with Crippen LogP contribution in [-0.2, 0) is 28.9 Å². The molecular formula is C18H21N3O3. The van der Waals surface area contributed by atoms with Crippen LogP contribution in [0.3, 0.4) is 0 Å². The molecule has 3 rings (SSSR count). The fourth-order valence-corrected chi connectivity index (χ4v) is 3.11. The van der Waals surface area contributed by atoms with Gasteiger partial charge in [-0.25, -0.2) is 0 Å². The molecule has 0 saturated heterocycles. The average molecular weight is 327 g/mol. The van der Waals surface area contributed by atoms with Gasteiger partial charge in [-0.2, -0.15) is 0 Å². The van der Waals surface area contributed by atoms with Gasteiger partial charge in [-0.1, -0.05) is 12.1 Å². The van der Waals surface area contributed by atoms with Crippen molar-refractivity contribution in [1.82, 2.24) is 14.5 Å². The fourth-order valence-electron chi connectivity index (χ4n) is 3.11. The highest BCUT2D eigenvalue weighted by Gasteiger charge is 2.20. The molecule has 0 radical (unpaired) electrons. The zero-order valence-electron chi connectivity index (χ0n) is 13.8.